The molecule has 0 aromatic carbocycles. The minimum Gasteiger partial charge on any atom is -0.462 e. The van der Waals surface area contributed by atoms with Crippen molar-refractivity contribution in [1.29, 1.82) is 0 Å². The van der Waals surface area contributed by atoms with Crippen LogP contribution in [0.15, 0.2) is 48.6 Å². The summed E-state index contributed by atoms with van der Waals surface area (Å²) in [6.45, 7) is 4.39. The van der Waals surface area contributed by atoms with Crippen molar-refractivity contribution in [1.82, 2.24) is 0 Å². The van der Waals surface area contributed by atoms with Crippen LogP contribution in [0.25, 0.3) is 0 Å². The average molecular weight is 909 g/mol. The smallest absolute Gasteiger partial charge is 0.462 e. The number of esters is 2. The SMILES string of the molecule is CCCCC/C=C/C/C=C/C/C=C/C/C=C/CCCCCC(=O)O[C@H](COC(=O)CCCCCCCCCCCCCCCCCCCCCC)COP(=O)(O)OCC[N+](C)(C)C. The summed E-state index contributed by atoms with van der Waals surface area (Å²) in [6.07, 6.45) is 54.5. The molecule has 0 saturated heterocycles. The van der Waals surface area contributed by atoms with Crippen molar-refractivity contribution in [2.24, 2.45) is 0 Å². The highest BCUT2D eigenvalue weighted by Gasteiger charge is 2.27. The lowest BCUT2D eigenvalue weighted by atomic mass is 10.0. The Kier molecular flexibility index (Phi) is 43.7. The molecular weight excluding hydrogens is 810 g/mol. The van der Waals surface area contributed by atoms with Gasteiger partial charge in [0.15, 0.2) is 6.10 Å². The molecule has 0 aliphatic rings. The van der Waals surface area contributed by atoms with Crippen LogP contribution in [0.5, 0.6) is 0 Å². The number of hydrogen-bond acceptors (Lipinski definition) is 7. The van der Waals surface area contributed by atoms with Crippen LogP contribution in [-0.2, 0) is 32.7 Å². The van der Waals surface area contributed by atoms with Crippen LogP contribution in [0.4, 0.5) is 0 Å². The van der Waals surface area contributed by atoms with Gasteiger partial charge in [-0.05, 0) is 57.8 Å². The Morgan fingerprint density at radius 3 is 1.30 bits per heavy atom. The van der Waals surface area contributed by atoms with Crippen LogP contribution in [0.1, 0.15) is 226 Å². The van der Waals surface area contributed by atoms with Crippen molar-refractivity contribution in [2.75, 3.05) is 47.5 Å². The van der Waals surface area contributed by atoms with Crippen molar-refractivity contribution in [3.8, 4) is 0 Å². The highest BCUT2D eigenvalue weighted by atomic mass is 31.2. The van der Waals surface area contributed by atoms with Gasteiger partial charge >= 0.3 is 19.8 Å². The van der Waals surface area contributed by atoms with E-state index >= 15 is 0 Å². The number of carbonyl (C=O) groups is 2. The average Bonchev–Trinajstić information content (AvgIpc) is 3.24. The van der Waals surface area contributed by atoms with Gasteiger partial charge in [0.2, 0.25) is 0 Å². The van der Waals surface area contributed by atoms with Crippen LogP contribution in [0.3, 0.4) is 0 Å². The number of quaternary nitrogens is 1. The molecule has 0 aromatic heterocycles. The number of carbonyl (C=O) groups excluding carboxylic acids is 2. The minimum absolute atomic E-state index is 0.0251. The molecule has 0 aliphatic carbocycles. The summed E-state index contributed by atoms with van der Waals surface area (Å²) in [5, 5.41) is 0. The van der Waals surface area contributed by atoms with Crippen molar-refractivity contribution in [2.45, 2.75) is 232 Å². The fourth-order valence-corrected chi connectivity index (χ4v) is 7.80. The standard InChI is InChI=1S/C53H98NO8P/c1-6-8-10-12-14-16-18-20-22-24-26-28-29-31-33-35-37-39-41-43-45-52(55)59-49-51(50-61-63(57,58)60-48-47-54(3,4)5)62-53(56)46-44-42-40-38-36-34-32-30-27-25-23-21-19-17-15-13-11-9-7-2/h15,17,21,23,27,30,34,36,51H,6-14,16,18-20,22,24-26,28-29,31-33,35,37-50H2,1-5H3/p+1/b17-15+,23-21+,30-27+,36-34+/t51-/m1/s1. The summed E-state index contributed by atoms with van der Waals surface area (Å²) < 4.78 is 34.4. The third-order valence-electron chi connectivity index (χ3n) is 11.1. The highest BCUT2D eigenvalue weighted by molar-refractivity contribution is 7.47. The van der Waals surface area contributed by atoms with E-state index in [0.29, 0.717) is 17.4 Å². The second-order valence-corrected chi connectivity index (χ2v) is 20.0. The minimum atomic E-state index is -4.39. The Bertz CT molecular complexity index is 1210. The lowest BCUT2D eigenvalue weighted by molar-refractivity contribution is -0.870. The van der Waals surface area contributed by atoms with Crippen molar-refractivity contribution in [3.63, 3.8) is 0 Å². The quantitative estimate of drug-likeness (QED) is 0.0211. The fraction of sp³-hybridized carbons (Fsp3) is 0.811. The number of allylic oxidation sites excluding steroid dienone is 8. The van der Waals surface area contributed by atoms with Gasteiger partial charge in [0.1, 0.15) is 19.8 Å². The molecule has 1 N–H and O–H groups in total. The van der Waals surface area contributed by atoms with Crippen molar-refractivity contribution < 1.29 is 42.1 Å². The zero-order valence-corrected chi connectivity index (χ0v) is 42.5. The van der Waals surface area contributed by atoms with Gasteiger partial charge in [-0.1, -0.05) is 204 Å². The second kappa shape index (κ2) is 45.1. The molecule has 0 amide bonds. The lowest BCUT2D eigenvalue weighted by Gasteiger charge is -2.24. The van der Waals surface area contributed by atoms with E-state index in [-0.39, 0.29) is 32.0 Å². The number of unbranched alkanes of at least 4 members (excludes halogenated alkanes) is 25. The molecular formula is C53H99NO8P+. The van der Waals surface area contributed by atoms with E-state index in [0.717, 1.165) is 57.8 Å². The van der Waals surface area contributed by atoms with Crippen molar-refractivity contribution >= 4 is 19.8 Å². The molecule has 368 valence electrons. The molecule has 0 aliphatic heterocycles. The highest BCUT2D eigenvalue weighted by Crippen LogP contribution is 2.43. The van der Waals surface area contributed by atoms with E-state index in [2.05, 4.69) is 62.5 Å². The van der Waals surface area contributed by atoms with Gasteiger partial charge in [-0.15, -0.1) is 0 Å². The molecule has 0 radical (unpaired) electrons. The fourth-order valence-electron chi connectivity index (χ4n) is 7.06. The number of likely N-dealkylation sites (N-methyl/N-ethyl adjacent to an activating group) is 1. The monoisotopic (exact) mass is 909 g/mol. The molecule has 0 fully saturated rings. The van der Waals surface area contributed by atoms with Crippen molar-refractivity contribution in [3.05, 3.63) is 48.6 Å². The van der Waals surface area contributed by atoms with Crippen LogP contribution >= 0.6 is 7.82 Å². The third kappa shape index (κ3) is 49.2. The Balaban J connectivity index is 4.29. The molecule has 1 unspecified atom stereocenters. The topological polar surface area (TPSA) is 108 Å². The molecule has 0 spiro atoms. The van der Waals surface area contributed by atoms with Gasteiger partial charge in [0, 0.05) is 12.8 Å². The number of phosphoric ester groups is 1. The first-order valence-corrected chi connectivity index (χ1v) is 27.4. The first-order valence-electron chi connectivity index (χ1n) is 25.9. The number of phosphoric acid groups is 1. The Labute approximate surface area is 388 Å². The summed E-state index contributed by atoms with van der Waals surface area (Å²) in [6, 6.07) is 0. The normalized spacial score (nSPS) is 13.8. The van der Waals surface area contributed by atoms with E-state index < -0.39 is 26.5 Å². The molecule has 2 atom stereocenters. The molecule has 0 bridgehead atoms. The molecule has 10 heteroatoms. The maximum atomic E-state index is 12.7. The summed E-state index contributed by atoms with van der Waals surface area (Å²) in [5.74, 6) is -0.827. The van der Waals surface area contributed by atoms with Gasteiger partial charge in [-0.25, -0.2) is 4.57 Å². The number of ether oxygens (including phenoxy) is 2. The first kappa shape index (κ1) is 61.0. The Hall–Kier alpha value is -2.03. The Morgan fingerprint density at radius 1 is 0.492 bits per heavy atom. The molecule has 0 aromatic rings. The number of hydrogen-bond donors (Lipinski definition) is 1. The second-order valence-electron chi connectivity index (χ2n) is 18.6. The molecule has 9 nitrogen and oxygen atoms in total. The summed E-state index contributed by atoms with van der Waals surface area (Å²) in [5.41, 5.74) is 0. The summed E-state index contributed by atoms with van der Waals surface area (Å²) in [4.78, 5) is 35.5. The van der Waals surface area contributed by atoms with Crippen LogP contribution < -0.4 is 0 Å². The largest absolute Gasteiger partial charge is 0.472 e. The zero-order chi connectivity index (χ0) is 46.4. The summed E-state index contributed by atoms with van der Waals surface area (Å²) >= 11 is 0. The molecule has 0 saturated carbocycles. The van der Waals surface area contributed by atoms with E-state index in [4.69, 9.17) is 18.5 Å². The van der Waals surface area contributed by atoms with Crippen LogP contribution in [-0.4, -0.2) is 74.9 Å². The van der Waals surface area contributed by atoms with E-state index in [1.165, 1.54) is 135 Å². The maximum Gasteiger partial charge on any atom is 0.472 e. The van der Waals surface area contributed by atoms with Crippen LogP contribution in [0.2, 0.25) is 0 Å². The number of nitrogens with zero attached hydrogens (tertiary/aromatic N) is 1. The van der Waals surface area contributed by atoms with Gasteiger partial charge in [-0.3, -0.25) is 18.6 Å². The van der Waals surface area contributed by atoms with Gasteiger partial charge in [-0.2, -0.15) is 0 Å². The van der Waals surface area contributed by atoms with Gasteiger partial charge < -0.3 is 18.9 Å². The first-order chi connectivity index (χ1) is 30.5. The molecule has 0 rings (SSSR count). The summed E-state index contributed by atoms with van der Waals surface area (Å²) in [7, 11) is 1.46. The van der Waals surface area contributed by atoms with Crippen LogP contribution in [0, 0.1) is 0 Å². The van der Waals surface area contributed by atoms with E-state index in [9.17, 15) is 19.0 Å². The predicted molar refractivity (Wildman–Crippen MR) is 266 cm³/mol. The molecule has 63 heavy (non-hydrogen) atoms. The lowest BCUT2D eigenvalue weighted by Crippen LogP contribution is -2.37. The Morgan fingerprint density at radius 2 is 0.857 bits per heavy atom. The predicted octanol–water partition coefficient (Wildman–Crippen LogP) is 15.4. The third-order valence-corrected chi connectivity index (χ3v) is 12.1. The van der Waals surface area contributed by atoms with Gasteiger partial charge in [0.05, 0.1) is 27.7 Å². The van der Waals surface area contributed by atoms with E-state index in [1.54, 1.807) is 0 Å². The van der Waals surface area contributed by atoms with E-state index in [1.807, 2.05) is 21.1 Å². The maximum absolute atomic E-state index is 12.7. The zero-order valence-electron chi connectivity index (χ0n) is 41.6. The number of rotatable bonds is 47. The molecule has 0 heterocycles. The van der Waals surface area contributed by atoms with Gasteiger partial charge in [0.25, 0.3) is 0 Å².